The van der Waals surface area contributed by atoms with Crippen molar-refractivity contribution >= 4 is 17.7 Å². The lowest BCUT2D eigenvalue weighted by Gasteiger charge is -2.16. The molecular formula is C18H18N2O3. The topological polar surface area (TPSA) is 58.6 Å². The predicted octanol–water partition coefficient (Wildman–Crippen LogP) is 2.98. The van der Waals surface area contributed by atoms with Gasteiger partial charge < -0.3 is 10.1 Å². The van der Waals surface area contributed by atoms with Gasteiger partial charge in [-0.15, -0.1) is 0 Å². The molecule has 5 nitrogen and oxygen atoms in total. The normalized spacial score (nSPS) is 13.8. The maximum Gasteiger partial charge on any atom is 0.337 e. The number of urea groups is 1. The van der Waals surface area contributed by atoms with Gasteiger partial charge in [-0.3, -0.25) is 4.90 Å². The lowest BCUT2D eigenvalue weighted by molar-refractivity contribution is 0.0600. The number of hydrogen-bond acceptors (Lipinski definition) is 3. The maximum atomic E-state index is 11.7. The minimum absolute atomic E-state index is 0.0559. The molecule has 3 rings (SSSR count). The van der Waals surface area contributed by atoms with Crippen molar-refractivity contribution in [2.45, 2.75) is 6.92 Å². The van der Waals surface area contributed by atoms with Crippen LogP contribution in [0.1, 0.15) is 15.9 Å². The number of ether oxygens (including phenoxy) is 1. The largest absolute Gasteiger partial charge is 0.465 e. The van der Waals surface area contributed by atoms with E-state index in [-0.39, 0.29) is 12.0 Å². The Kier molecular flexibility index (Phi) is 4.02. The minimum Gasteiger partial charge on any atom is -0.465 e. The van der Waals surface area contributed by atoms with E-state index < -0.39 is 0 Å². The van der Waals surface area contributed by atoms with Crippen LogP contribution in [-0.2, 0) is 4.74 Å². The van der Waals surface area contributed by atoms with E-state index in [4.69, 9.17) is 4.74 Å². The number of aryl methyl sites for hydroxylation is 1. The molecule has 0 bridgehead atoms. The Balaban J connectivity index is 1.88. The Morgan fingerprint density at radius 2 is 1.91 bits per heavy atom. The SMILES string of the molecule is COC(=O)c1ccc(-c2ccc(N3CCNC3=O)cc2C)cc1. The van der Waals surface area contributed by atoms with E-state index >= 15 is 0 Å². The Morgan fingerprint density at radius 1 is 1.17 bits per heavy atom. The van der Waals surface area contributed by atoms with Gasteiger partial charge in [0.15, 0.2) is 0 Å². The van der Waals surface area contributed by atoms with Crippen LogP contribution >= 0.6 is 0 Å². The highest BCUT2D eigenvalue weighted by molar-refractivity contribution is 5.94. The number of carbonyl (C=O) groups is 2. The zero-order valence-electron chi connectivity index (χ0n) is 13.1. The first-order valence-electron chi connectivity index (χ1n) is 7.45. The third kappa shape index (κ3) is 2.90. The number of nitrogens with one attached hydrogen (secondary N) is 1. The molecule has 0 aliphatic carbocycles. The van der Waals surface area contributed by atoms with Crippen molar-refractivity contribution < 1.29 is 14.3 Å². The fraction of sp³-hybridized carbons (Fsp3) is 0.222. The molecule has 1 aliphatic rings. The van der Waals surface area contributed by atoms with Crippen molar-refractivity contribution in [2.24, 2.45) is 0 Å². The van der Waals surface area contributed by atoms with Crippen LogP contribution in [0, 0.1) is 6.92 Å². The van der Waals surface area contributed by atoms with Gasteiger partial charge in [-0.2, -0.15) is 0 Å². The molecule has 2 aromatic carbocycles. The van der Waals surface area contributed by atoms with Crippen LogP contribution < -0.4 is 10.2 Å². The van der Waals surface area contributed by atoms with Crippen molar-refractivity contribution in [3.8, 4) is 11.1 Å². The second-order valence-electron chi connectivity index (χ2n) is 5.45. The molecule has 0 radical (unpaired) electrons. The van der Waals surface area contributed by atoms with E-state index in [1.165, 1.54) is 7.11 Å². The maximum absolute atomic E-state index is 11.7. The Labute approximate surface area is 134 Å². The van der Waals surface area contributed by atoms with Crippen molar-refractivity contribution in [2.75, 3.05) is 25.1 Å². The molecule has 1 N–H and O–H groups in total. The van der Waals surface area contributed by atoms with Crippen LogP contribution in [0.15, 0.2) is 42.5 Å². The third-order valence-electron chi connectivity index (χ3n) is 4.00. The van der Waals surface area contributed by atoms with Gasteiger partial charge in [-0.1, -0.05) is 18.2 Å². The fourth-order valence-electron chi connectivity index (χ4n) is 2.76. The van der Waals surface area contributed by atoms with Crippen molar-refractivity contribution in [3.63, 3.8) is 0 Å². The quantitative estimate of drug-likeness (QED) is 0.887. The molecule has 0 saturated carbocycles. The number of esters is 1. The zero-order valence-corrected chi connectivity index (χ0v) is 13.1. The summed E-state index contributed by atoms with van der Waals surface area (Å²) in [7, 11) is 1.37. The Bertz CT molecular complexity index is 753. The van der Waals surface area contributed by atoms with E-state index in [1.54, 1.807) is 17.0 Å². The summed E-state index contributed by atoms with van der Waals surface area (Å²) in [6, 6.07) is 13.2. The molecule has 23 heavy (non-hydrogen) atoms. The first kappa shape index (κ1) is 15.1. The van der Waals surface area contributed by atoms with Crippen molar-refractivity contribution in [1.29, 1.82) is 0 Å². The van der Waals surface area contributed by atoms with Crippen LogP contribution in [0.2, 0.25) is 0 Å². The van der Waals surface area contributed by atoms with Gasteiger partial charge >= 0.3 is 12.0 Å². The molecule has 0 aromatic heterocycles. The number of hydrogen-bond donors (Lipinski definition) is 1. The summed E-state index contributed by atoms with van der Waals surface area (Å²) in [5, 5.41) is 2.80. The molecule has 1 fully saturated rings. The number of rotatable bonds is 3. The molecule has 0 atom stereocenters. The van der Waals surface area contributed by atoms with E-state index in [9.17, 15) is 9.59 Å². The highest BCUT2D eigenvalue weighted by Gasteiger charge is 2.21. The molecule has 2 aromatic rings. The highest BCUT2D eigenvalue weighted by Crippen LogP contribution is 2.28. The average molecular weight is 310 g/mol. The van der Waals surface area contributed by atoms with E-state index in [0.29, 0.717) is 18.7 Å². The second-order valence-corrected chi connectivity index (χ2v) is 5.45. The molecular weight excluding hydrogens is 292 g/mol. The Hall–Kier alpha value is -2.82. The lowest BCUT2D eigenvalue weighted by Crippen LogP contribution is -2.27. The van der Waals surface area contributed by atoms with Gasteiger partial charge in [-0.25, -0.2) is 9.59 Å². The zero-order chi connectivity index (χ0) is 16.4. The standard InChI is InChI=1S/C18H18N2O3/c1-12-11-15(20-10-9-19-18(20)22)7-8-16(12)13-3-5-14(6-4-13)17(21)23-2/h3-8,11H,9-10H2,1-2H3,(H,19,22). The van der Waals surface area contributed by atoms with Crippen molar-refractivity contribution in [3.05, 3.63) is 53.6 Å². The molecule has 118 valence electrons. The van der Waals surface area contributed by atoms with Crippen LogP contribution in [0.25, 0.3) is 11.1 Å². The Morgan fingerprint density at radius 3 is 2.48 bits per heavy atom. The van der Waals surface area contributed by atoms with Crippen LogP contribution in [0.3, 0.4) is 0 Å². The first-order valence-corrected chi connectivity index (χ1v) is 7.45. The van der Waals surface area contributed by atoms with E-state index in [0.717, 1.165) is 22.4 Å². The van der Waals surface area contributed by atoms with E-state index in [2.05, 4.69) is 5.32 Å². The van der Waals surface area contributed by atoms with Gasteiger partial charge in [0.05, 0.1) is 12.7 Å². The molecule has 1 saturated heterocycles. The molecule has 1 aliphatic heterocycles. The number of benzene rings is 2. The summed E-state index contributed by atoms with van der Waals surface area (Å²) in [6.07, 6.45) is 0. The number of anilines is 1. The summed E-state index contributed by atoms with van der Waals surface area (Å²) < 4.78 is 4.71. The number of carbonyl (C=O) groups excluding carboxylic acids is 2. The van der Waals surface area contributed by atoms with Crippen molar-refractivity contribution in [1.82, 2.24) is 5.32 Å². The summed E-state index contributed by atoms with van der Waals surface area (Å²) >= 11 is 0. The predicted molar refractivity (Wildman–Crippen MR) is 88.7 cm³/mol. The molecule has 0 spiro atoms. The molecule has 0 unspecified atom stereocenters. The minimum atomic E-state index is -0.344. The molecule has 1 heterocycles. The summed E-state index contributed by atoms with van der Waals surface area (Å²) in [5.41, 5.74) is 4.59. The van der Waals surface area contributed by atoms with E-state index in [1.807, 2.05) is 37.3 Å². The monoisotopic (exact) mass is 310 g/mol. The summed E-state index contributed by atoms with van der Waals surface area (Å²) in [4.78, 5) is 25.0. The summed E-state index contributed by atoms with van der Waals surface area (Å²) in [5.74, 6) is -0.344. The average Bonchev–Trinajstić information content (AvgIpc) is 3.00. The van der Waals surface area contributed by atoms with Gasteiger partial charge in [0, 0.05) is 18.8 Å². The number of methoxy groups -OCH3 is 1. The smallest absolute Gasteiger partial charge is 0.337 e. The van der Waals surface area contributed by atoms with Crippen LogP contribution in [0.4, 0.5) is 10.5 Å². The van der Waals surface area contributed by atoms with Crippen LogP contribution in [-0.4, -0.2) is 32.2 Å². The molecule has 5 heteroatoms. The third-order valence-corrected chi connectivity index (χ3v) is 4.00. The number of amides is 2. The second kappa shape index (κ2) is 6.12. The fourth-order valence-corrected chi connectivity index (χ4v) is 2.76. The molecule has 2 amide bonds. The van der Waals surface area contributed by atoms with Gasteiger partial charge in [0.1, 0.15) is 0 Å². The van der Waals surface area contributed by atoms with Gasteiger partial charge in [-0.05, 0) is 47.9 Å². The first-order chi connectivity index (χ1) is 11.1. The van der Waals surface area contributed by atoms with Crippen LogP contribution in [0.5, 0.6) is 0 Å². The lowest BCUT2D eigenvalue weighted by atomic mass is 9.99. The van der Waals surface area contributed by atoms with Gasteiger partial charge in [0.2, 0.25) is 0 Å². The summed E-state index contributed by atoms with van der Waals surface area (Å²) in [6.45, 7) is 3.38. The highest BCUT2D eigenvalue weighted by atomic mass is 16.5. The van der Waals surface area contributed by atoms with Gasteiger partial charge in [0.25, 0.3) is 0 Å². The number of nitrogens with zero attached hydrogens (tertiary/aromatic N) is 1.